The van der Waals surface area contributed by atoms with Gasteiger partial charge < -0.3 is 19.7 Å². The van der Waals surface area contributed by atoms with Crippen LogP contribution >= 0.6 is 0 Å². The summed E-state index contributed by atoms with van der Waals surface area (Å²) in [6, 6.07) is -0.562. The Morgan fingerprint density at radius 2 is 2.19 bits per heavy atom. The van der Waals surface area contributed by atoms with Crippen molar-refractivity contribution < 1.29 is 28.7 Å². The third kappa shape index (κ3) is 3.69. The molecule has 2 aliphatic heterocycles. The molecular weight excluding hydrogens is 282 g/mol. The number of carbonyl (C=O) groups excluding carboxylic acids is 4. The van der Waals surface area contributed by atoms with Crippen LogP contribution in [-0.4, -0.2) is 79.6 Å². The average Bonchev–Trinajstić information content (AvgIpc) is 2.79. The van der Waals surface area contributed by atoms with Crippen molar-refractivity contribution in [2.24, 2.45) is 0 Å². The number of ether oxygens (including phenoxy) is 2. The number of rotatable bonds is 4. The van der Waals surface area contributed by atoms with E-state index in [-0.39, 0.29) is 32.0 Å². The van der Waals surface area contributed by atoms with Crippen LogP contribution in [-0.2, 0) is 23.9 Å². The monoisotopic (exact) mass is 299 g/mol. The highest BCUT2D eigenvalue weighted by molar-refractivity contribution is 6.04. The highest BCUT2D eigenvalue weighted by atomic mass is 16.5. The van der Waals surface area contributed by atoms with E-state index in [1.165, 1.54) is 12.0 Å². The normalized spacial score (nSPS) is 22.2. The lowest BCUT2D eigenvalue weighted by atomic mass is 10.2. The van der Waals surface area contributed by atoms with Crippen LogP contribution in [0.2, 0.25) is 0 Å². The fourth-order valence-electron chi connectivity index (χ4n) is 2.19. The zero-order valence-electron chi connectivity index (χ0n) is 11.7. The predicted octanol–water partition coefficient (Wildman–Crippen LogP) is -1.67. The molecule has 0 aliphatic carbocycles. The van der Waals surface area contributed by atoms with Gasteiger partial charge in [-0.1, -0.05) is 0 Å². The predicted molar refractivity (Wildman–Crippen MR) is 68.1 cm³/mol. The zero-order valence-corrected chi connectivity index (χ0v) is 11.7. The van der Waals surface area contributed by atoms with Crippen LogP contribution in [0.25, 0.3) is 0 Å². The summed E-state index contributed by atoms with van der Waals surface area (Å²) in [6.45, 7) is 0.515. The van der Waals surface area contributed by atoms with Gasteiger partial charge in [0, 0.05) is 13.1 Å². The third-order valence-corrected chi connectivity index (χ3v) is 3.34. The van der Waals surface area contributed by atoms with Gasteiger partial charge in [-0.2, -0.15) is 0 Å². The minimum Gasteiger partial charge on any atom is -0.469 e. The molecule has 0 radical (unpaired) electrons. The summed E-state index contributed by atoms with van der Waals surface area (Å²) in [5.41, 5.74) is 0. The number of imide groups is 1. The van der Waals surface area contributed by atoms with Gasteiger partial charge in [0.2, 0.25) is 5.91 Å². The second kappa shape index (κ2) is 6.53. The average molecular weight is 299 g/mol. The van der Waals surface area contributed by atoms with Crippen LogP contribution in [0.15, 0.2) is 0 Å². The Bertz CT molecular complexity index is 450. The maximum absolute atomic E-state index is 12.1. The van der Waals surface area contributed by atoms with Crippen molar-refractivity contribution in [1.29, 1.82) is 0 Å². The number of hydrogen-bond acceptors (Lipinski definition) is 6. The highest BCUT2D eigenvalue weighted by Crippen LogP contribution is 2.11. The fraction of sp³-hybridized carbons (Fsp3) is 0.667. The van der Waals surface area contributed by atoms with Crippen LogP contribution in [0.3, 0.4) is 0 Å². The molecule has 0 spiro atoms. The number of carbonyl (C=O) groups is 4. The topological polar surface area (TPSA) is 105 Å². The van der Waals surface area contributed by atoms with E-state index in [0.717, 1.165) is 4.90 Å². The van der Waals surface area contributed by atoms with Crippen molar-refractivity contribution >= 4 is 23.8 Å². The molecule has 2 fully saturated rings. The molecule has 0 aromatic rings. The minimum absolute atomic E-state index is 0.0589. The number of amides is 4. The summed E-state index contributed by atoms with van der Waals surface area (Å²) >= 11 is 0. The maximum Gasteiger partial charge on any atom is 0.325 e. The summed E-state index contributed by atoms with van der Waals surface area (Å²) in [5, 5.41) is 2.35. The molecule has 0 saturated carbocycles. The molecule has 2 aliphatic rings. The van der Waals surface area contributed by atoms with Crippen LogP contribution in [0.1, 0.15) is 6.42 Å². The Balaban J connectivity index is 1.88. The number of morpholine rings is 1. The van der Waals surface area contributed by atoms with E-state index in [0.29, 0.717) is 13.2 Å². The van der Waals surface area contributed by atoms with Gasteiger partial charge in [-0.15, -0.1) is 0 Å². The summed E-state index contributed by atoms with van der Waals surface area (Å²) in [4.78, 5) is 48.5. The van der Waals surface area contributed by atoms with Crippen molar-refractivity contribution in [3.8, 4) is 0 Å². The van der Waals surface area contributed by atoms with E-state index >= 15 is 0 Å². The van der Waals surface area contributed by atoms with Gasteiger partial charge in [0.05, 0.1) is 32.8 Å². The number of esters is 1. The third-order valence-electron chi connectivity index (χ3n) is 3.34. The molecule has 9 heteroatoms. The molecule has 116 valence electrons. The largest absolute Gasteiger partial charge is 0.469 e. The van der Waals surface area contributed by atoms with E-state index in [1.54, 1.807) is 0 Å². The molecule has 4 amide bonds. The van der Waals surface area contributed by atoms with Crippen LogP contribution < -0.4 is 5.32 Å². The fourth-order valence-corrected chi connectivity index (χ4v) is 2.19. The first kappa shape index (κ1) is 15.2. The van der Waals surface area contributed by atoms with Crippen molar-refractivity contribution in [1.82, 2.24) is 15.1 Å². The van der Waals surface area contributed by atoms with Crippen molar-refractivity contribution in [3.63, 3.8) is 0 Å². The Labute approximate surface area is 121 Å². The molecule has 0 aromatic heterocycles. The van der Waals surface area contributed by atoms with E-state index in [2.05, 4.69) is 10.1 Å². The molecule has 0 bridgehead atoms. The summed E-state index contributed by atoms with van der Waals surface area (Å²) in [5.74, 6) is -1.19. The summed E-state index contributed by atoms with van der Waals surface area (Å²) in [7, 11) is 1.28. The number of urea groups is 1. The molecule has 21 heavy (non-hydrogen) atoms. The summed E-state index contributed by atoms with van der Waals surface area (Å²) in [6.07, 6.45) is -0.373. The first-order chi connectivity index (χ1) is 10.0. The first-order valence-electron chi connectivity index (χ1n) is 6.55. The smallest absolute Gasteiger partial charge is 0.325 e. The van der Waals surface area contributed by atoms with Gasteiger partial charge in [0.15, 0.2) is 0 Å². The van der Waals surface area contributed by atoms with E-state index in [1.807, 2.05) is 0 Å². The van der Waals surface area contributed by atoms with Gasteiger partial charge in [-0.05, 0) is 0 Å². The minimum atomic E-state index is -0.562. The van der Waals surface area contributed by atoms with E-state index in [4.69, 9.17) is 4.74 Å². The highest BCUT2D eigenvalue weighted by Gasteiger charge is 2.33. The summed E-state index contributed by atoms with van der Waals surface area (Å²) < 4.78 is 9.94. The molecule has 1 atom stereocenters. The van der Waals surface area contributed by atoms with Gasteiger partial charge in [0.1, 0.15) is 6.54 Å². The van der Waals surface area contributed by atoms with Crippen molar-refractivity contribution in [2.45, 2.75) is 12.5 Å². The number of methoxy groups -OCH3 is 1. The van der Waals surface area contributed by atoms with Gasteiger partial charge in [-0.25, -0.2) is 4.79 Å². The number of nitrogens with one attached hydrogen (secondary N) is 1. The lowest BCUT2D eigenvalue weighted by Gasteiger charge is -2.33. The van der Waals surface area contributed by atoms with E-state index in [9.17, 15) is 19.2 Å². The van der Waals surface area contributed by atoms with Crippen LogP contribution in [0.4, 0.5) is 4.79 Å². The SMILES string of the molecule is COC(=O)CC1CN(C(=O)CN2C(=O)CNC2=O)CCO1. The van der Waals surface area contributed by atoms with Crippen LogP contribution in [0.5, 0.6) is 0 Å². The molecule has 9 nitrogen and oxygen atoms in total. The quantitative estimate of drug-likeness (QED) is 0.491. The molecule has 0 aromatic carbocycles. The number of hydrogen-bond donors (Lipinski definition) is 1. The molecule has 1 N–H and O–H groups in total. The molecular formula is C12H17N3O6. The Morgan fingerprint density at radius 1 is 1.43 bits per heavy atom. The van der Waals surface area contributed by atoms with Gasteiger partial charge in [0.25, 0.3) is 5.91 Å². The van der Waals surface area contributed by atoms with Crippen molar-refractivity contribution in [2.75, 3.05) is 39.9 Å². The number of nitrogens with zero attached hydrogens (tertiary/aromatic N) is 2. The molecule has 1 unspecified atom stereocenters. The first-order valence-corrected chi connectivity index (χ1v) is 6.55. The second-order valence-electron chi connectivity index (χ2n) is 4.75. The standard InChI is InChI=1S/C12H17N3O6/c1-20-11(18)4-8-6-14(2-3-21-8)10(17)7-15-9(16)5-13-12(15)19/h8H,2-7H2,1H3,(H,13,19). The maximum atomic E-state index is 12.1. The molecule has 2 heterocycles. The second-order valence-corrected chi connectivity index (χ2v) is 4.75. The lowest BCUT2D eigenvalue weighted by molar-refractivity contribution is -0.150. The van der Waals surface area contributed by atoms with Gasteiger partial charge in [-0.3, -0.25) is 19.3 Å². The van der Waals surface area contributed by atoms with Crippen molar-refractivity contribution in [3.05, 3.63) is 0 Å². The molecule has 2 saturated heterocycles. The van der Waals surface area contributed by atoms with Crippen LogP contribution in [0, 0.1) is 0 Å². The lowest BCUT2D eigenvalue weighted by Crippen LogP contribution is -2.50. The Morgan fingerprint density at radius 3 is 2.81 bits per heavy atom. The van der Waals surface area contributed by atoms with E-state index < -0.39 is 24.0 Å². The Hall–Kier alpha value is -2.16. The Kier molecular flexibility index (Phi) is 4.73. The van der Waals surface area contributed by atoms with Gasteiger partial charge >= 0.3 is 12.0 Å². The zero-order chi connectivity index (χ0) is 15.4. The molecule has 2 rings (SSSR count).